The molecule has 0 unspecified atom stereocenters. The van der Waals surface area contributed by atoms with E-state index in [0.29, 0.717) is 44.0 Å². The van der Waals surface area contributed by atoms with Crippen molar-refractivity contribution in [3.63, 3.8) is 0 Å². The van der Waals surface area contributed by atoms with Crippen molar-refractivity contribution < 1.29 is 18.0 Å². The van der Waals surface area contributed by atoms with Crippen molar-refractivity contribution in [2.75, 3.05) is 38.1 Å². The summed E-state index contributed by atoms with van der Waals surface area (Å²) in [5.41, 5.74) is 6.61. The van der Waals surface area contributed by atoms with Gasteiger partial charge in [0.15, 0.2) is 5.96 Å². The van der Waals surface area contributed by atoms with Gasteiger partial charge in [0.05, 0.1) is 5.56 Å². The Morgan fingerprint density at radius 2 is 1.74 bits per heavy atom. The third-order valence-corrected chi connectivity index (χ3v) is 5.02. The Kier molecular flexibility index (Phi) is 8.54. The molecule has 0 saturated carbocycles. The fraction of sp³-hybridized carbons (Fsp3) is 0.333. The van der Waals surface area contributed by atoms with Gasteiger partial charge in [-0.05, 0) is 35.9 Å². The summed E-state index contributed by atoms with van der Waals surface area (Å²) in [6, 6.07) is 12.4. The fourth-order valence-electron chi connectivity index (χ4n) is 3.36. The Labute approximate surface area is 196 Å². The number of primary amides is 1. The molecule has 2 aromatic rings. The largest absolute Gasteiger partial charge is 0.416 e. The molecule has 1 heterocycles. The van der Waals surface area contributed by atoms with Gasteiger partial charge in [0, 0.05) is 51.0 Å². The van der Waals surface area contributed by atoms with Gasteiger partial charge in [-0.15, -0.1) is 24.0 Å². The first-order chi connectivity index (χ1) is 14.3. The van der Waals surface area contributed by atoms with E-state index in [0.717, 1.165) is 17.6 Å². The van der Waals surface area contributed by atoms with Crippen LogP contribution in [0.4, 0.5) is 18.9 Å². The Hall–Kier alpha value is -2.50. The van der Waals surface area contributed by atoms with Crippen molar-refractivity contribution in [2.45, 2.75) is 12.7 Å². The molecule has 0 spiro atoms. The number of amides is 1. The van der Waals surface area contributed by atoms with Gasteiger partial charge in [-0.3, -0.25) is 9.79 Å². The fourth-order valence-corrected chi connectivity index (χ4v) is 3.36. The van der Waals surface area contributed by atoms with E-state index in [-0.39, 0.29) is 24.0 Å². The zero-order valence-electron chi connectivity index (χ0n) is 17.0. The number of nitrogens with two attached hydrogens (primary N) is 1. The summed E-state index contributed by atoms with van der Waals surface area (Å²) < 4.78 is 38.9. The maximum Gasteiger partial charge on any atom is 0.416 e. The second kappa shape index (κ2) is 10.7. The number of carbonyl (C=O) groups is 1. The van der Waals surface area contributed by atoms with E-state index in [1.807, 2.05) is 17.0 Å². The lowest BCUT2D eigenvalue weighted by Crippen LogP contribution is -2.52. The SMILES string of the molecule is CN=C(NCc1ccc(C(N)=O)cc1)N1CCN(c2cccc(C(F)(F)F)c2)CC1.I. The molecule has 0 aliphatic carbocycles. The predicted molar refractivity (Wildman–Crippen MR) is 126 cm³/mol. The van der Waals surface area contributed by atoms with Crippen molar-refractivity contribution in [2.24, 2.45) is 10.7 Å². The first kappa shape index (κ1) is 24.8. The van der Waals surface area contributed by atoms with Crippen molar-refractivity contribution in [1.82, 2.24) is 10.2 Å². The topological polar surface area (TPSA) is 74.0 Å². The van der Waals surface area contributed by atoms with Crippen molar-refractivity contribution in [1.29, 1.82) is 0 Å². The minimum Gasteiger partial charge on any atom is -0.368 e. The Bertz CT molecular complexity index is 910. The maximum absolute atomic E-state index is 13.0. The number of guanidine groups is 1. The molecule has 3 N–H and O–H groups in total. The van der Waals surface area contributed by atoms with E-state index in [2.05, 4.69) is 15.2 Å². The lowest BCUT2D eigenvalue weighted by atomic mass is 10.1. The Balaban J connectivity index is 0.00000341. The third-order valence-electron chi connectivity index (χ3n) is 5.02. The van der Waals surface area contributed by atoms with E-state index in [4.69, 9.17) is 5.73 Å². The van der Waals surface area contributed by atoms with Crippen LogP contribution < -0.4 is 16.0 Å². The van der Waals surface area contributed by atoms with Crippen LogP contribution >= 0.6 is 24.0 Å². The van der Waals surface area contributed by atoms with Crippen molar-refractivity contribution >= 4 is 41.5 Å². The monoisotopic (exact) mass is 547 g/mol. The van der Waals surface area contributed by atoms with Crippen LogP contribution in [-0.2, 0) is 12.7 Å². The van der Waals surface area contributed by atoms with E-state index in [1.54, 1.807) is 25.2 Å². The number of halogens is 4. The molecule has 1 amide bonds. The minimum absolute atomic E-state index is 0. The molecule has 6 nitrogen and oxygen atoms in total. The highest BCUT2D eigenvalue weighted by Crippen LogP contribution is 2.31. The molecule has 0 atom stereocenters. The van der Waals surface area contributed by atoms with E-state index >= 15 is 0 Å². The first-order valence-electron chi connectivity index (χ1n) is 9.54. The van der Waals surface area contributed by atoms with Crippen LogP contribution in [0.2, 0.25) is 0 Å². The molecule has 1 fully saturated rings. The van der Waals surface area contributed by atoms with Crippen LogP contribution in [-0.4, -0.2) is 50.0 Å². The standard InChI is InChI=1S/C21H24F3N5O.HI/c1-26-20(27-14-15-5-7-16(8-6-15)19(25)30)29-11-9-28(10-12-29)18-4-2-3-17(13-18)21(22,23)24;/h2-8,13H,9-12,14H2,1H3,(H2,25,30)(H,26,27);1H. The molecule has 1 aliphatic rings. The van der Waals surface area contributed by atoms with Gasteiger partial charge in [0.25, 0.3) is 0 Å². The zero-order valence-corrected chi connectivity index (χ0v) is 19.4. The van der Waals surface area contributed by atoms with Gasteiger partial charge >= 0.3 is 6.18 Å². The second-order valence-electron chi connectivity index (χ2n) is 6.98. The number of piperazine rings is 1. The van der Waals surface area contributed by atoms with E-state index in [9.17, 15) is 18.0 Å². The Morgan fingerprint density at radius 3 is 2.29 bits per heavy atom. The number of hydrogen-bond donors (Lipinski definition) is 2. The van der Waals surface area contributed by atoms with Gasteiger partial charge in [-0.2, -0.15) is 13.2 Å². The molecule has 3 rings (SSSR count). The molecular formula is C21H25F3IN5O. The molecule has 1 saturated heterocycles. The molecule has 0 aromatic heterocycles. The molecule has 168 valence electrons. The summed E-state index contributed by atoms with van der Waals surface area (Å²) >= 11 is 0. The second-order valence-corrected chi connectivity index (χ2v) is 6.98. The van der Waals surface area contributed by atoms with Crippen LogP contribution in [0.25, 0.3) is 0 Å². The molecule has 1 aliphatic heterocycles. The number of benzene rings is 2. The third kappa shape index (κ3) is 6.49. The predicted octanol–water partition coefficient (Wildman–Crippen LogP) is 3.32. The molecule has 31 heavy (non-hydrogen) atoms. The lowest BCUT2D eigenvalue weighted by molar-refractivity contribution is -0.137. The number of anilines is 1. The summed E-state index contributed by atoms with van der Waals surface area (Å²) in [6.07, 6.45) is -4.35. The number of nitrogens with zero attached hydrogens (tertiary/aromatic N) is 3. The molecule has 0 bridgehead atoms. The van der Waals surface area contributed by atoms with Crippen LogP contribution in [0.3, 0.4) is 0 Å². The summed E-state index contributed by atoms with van der Waals surface area (Å²) in [5, 5.41) is 3.28. The molecule has 10 heteroatoms. The zero-order chi connectivity index (χ0) is 21.7. The normalized spacial score (nSPS) is 14.8. The van der Waals surface area contributed by atoms with Crippen LogP contribution in [0, 0.1) is 0 Å². The summed E-state index contributed by atoms with van der Waals surface area (Å²) in [4.78, 5) is 19.5. The highest BCUT2D eigenvalue weighted by Gasteiger charge is 2.31. The molecule has 0 radical (unpaired) electrons. The van der Waals surface area contributed by atoms with Gasteiger partial charge in [0.2, 0.25) is 5.91 Å². The highest BCUT2D eigenvalue weighted by atomic mass is 127. The minimum atomic E-state index is -4.35. The quantitative estimate of drug-likeness (QED) is 0.350. The van der Waals surface area contributed by atoms with Gasteiger partial charge in [-0.25, -0.2) is 0 Å². The number of hydrogen-bond acceptors (Lipinski definition) is 3. The summed E-state index contributed by atoms with van der Waals surface area (Å²) in [5.74, 6) is 0.252. The average Bonchev–Trinajstić information content (AvgIpc) is 2.74. The van der Waals surface area contributed by atoms with E-state index in [1.165, 1.54) is 12.1 Å². The van der Waals surface area contributed by atoms with Gasteiger partial charge < -0.3 is 20.9 Å². The van der Waals surface area contributed by atoms with Crippen LogP contribution in [0.5, 0.6) is 0 Å². The van der Waals surface area contributed by atoms with Gasteiger partial charge in [0.1, 0.15) is 0 Å². The average molecular weight is 547 g/mol. The smallest absolute Gasteiger partial charge is 0.368 e. The summed E-state index contributed by atoms with van der Waals surface area (Å²) in [6.45, 7) is 2.98. The van der Waals surface area contributed by atoms with Crippen molar-refractivity contribution in [3.05, 3.63) is 65.2 Å². The number of nitrogens with one attached hydrogen (secondary N) is 1. The highest BCUT2D eigenvalue weighted by molar-refractivity contribution is 14.0. The van der Waals surface area contributed by atoms with Crippen molar-refractivity contribution in [3.8, 4) is 0 Å². The maximum atomic E-state index is 13.0. The number of rotatable bonds is 4. The summed E-state index contributed by atoms with van der Waals surface area (Å²) in [7, 11) is 1.69. The number of aliphatic imine (C=N–C) groups is 1. The molecular weight excluding hydrogens is 522 g/mol. The number of carbonyl (C=O) groups excluding carboxylic acids is 1. The lowest BCUT2D eigenvalue weighted by Gasteiger charge is -2.37. The van der Waals surface area contributed by atoms with E-state index < -0.39 is 17.6 Å². The van der Waals surface area contributed by atoms with Crippen LogP contribution in [0.1, 0.15) is 21.5 Å². The first-order valence-corrected chi connectivity index (χ1v) is 9.54. The van der Waals surface area contributed by atoms with Crippen LogP contribution in [0.15, 0.2) is 53.5 Å². The molecule has 2 aromatic carbocycles. The Morgan fingerprint density at radius 1 is 1.10 bits per heavy atom. The van der Waals surface area contributed by atoms with Gasteiger partial charge in [-0.1, -0.05) is 18.2 Å². The number of alkyl halides is 3.